The molecule has 2 heterocycles. The molecule has 1 fully saturated rings. The monoisotopic (exact) mass is 500 g/mol. The average Bonchev–Trinajstić information content (AvgIpc) is 3.33. The van der Waals surface area contributed by atoms with E-state index in [-0.39, 0.29) is 29.4 Å². The van der Waals surface area contributed by atoms with Crippen molar-refractivity contribution in [3.05, 3.63) is 69.5 Å². The van der Waals surface area contributed by atoms with Crippen molar-refractivity contribution in [3.8, 4) is 0 Å². The van der Waals surface area contributed by atoms with Crippen LogP contribution < -0.4 is 10.9 Å². The van der Waals surface area contributed by atoms with Gasteiger partial charge >= 0.3 is 0 Å². The zero-order valence-corrected chi connectivity index (χ0v) is 20.9. The zero-order valence-electron chi connectivity index (χ0n) is 19.4. The summed E-state index contributed by atoms with van der Waals surface area (Å²) in [5.74, 6) is 0.0378. The number of carbonyl (C=O) groups is 1. The molecule has 1 amide bonds. The Morgan fingerprint density at radius 2 is 2.09 bits per heavy atom. The molecule has 1 saturated heterocycles. The van der Waals surface area contributed by atoms with E-state index in [0.29, 0.717) is 40.8 Å². The lowest BCUT2D eigenvalue weighted by Gasteiger charge is -2.25. The summed E-state index contributed by atoms with van der Waals surface area (Å²) in [5, 5.41) is 4.54. The summed E-state index contributed by atoms with van der Waals surface area (Å²) in [6, 6.07) is 15.2. The van der Waals surface area contributed by atoms with Crippen LogP contribution in [0.3, 0.4) is 0 Å². The van der Waals surface area contributed by atoms with E-state index in [1.165, 1.54) is 11.8 Å². The minimum absolute atomic E-state index is 0.0239. The molecule has 1 aliphatic rings. The van der Waals surface area contributed by atoms with Crippen LogP contribution in [-0.2, 0) is 16.1 Å². The number of hydrogen-bond acceptors (Lipinski definition) is 6. The van der Waals surface area contributed by atoms with Crippen molar-refractivity contribution in [2.45, 2.75) is 36.7 Å². The number of ether oxygens (including phenoxy) is 1. The van der Waals surface area contributed by atoms with Gasteiger partial charge in [-0.05, 0) is 50.7 Å². The molecule has 9 heteroatoms. The van der Waals surface area contributed by atoms with Gasteiger partial charge in [0.1, 0.15) is 0 Å². The Morgan fingerprint density at radius 1 is 1.29 bits per heavy atom. The summed E-state index contributed by atoms with van der Waals surface area (Å²) < 4.78 is 7.39. The lowest BCUT2D eigenvalue weighted by Crippen LogP contribution is -2.35. The molecule has 0 radical (unpaired) electrons. The molecular weight excluding hydrogens is 472 g/mol. The molecule has 2 atom stereocenters. The van der Waals surface area contributed by atoms with Gasteiger partial charge in [0.2, 0.25) is 5.91 Å². The summed E-state index contributed by atoms with van der Waals surface area (Å²) in [7, 11) is 3.99. The minimum Gasteiger partial charge on any atom is -0.376 e. The van der Waals surface area contributed by atoms with E-state index < -0.39 is 0 Å². The molecule has 7 nitrogen and oxygen atoms in total. The Labute approximate surface area is 208 Å². The summed E-state index contributed by atoms with van der Waals surface area (Å²) in [4.78, 5) is 32.7. The normalized spacial score (nSPS) is 16.8. The number of amides is 1. The second-order valence-corrected chi connectivity index (χ2v) is 9.97. The number of rotatable bonds is 9. The second kappa shape index (κ2) is 11.4. The van der Waals surface area contributed by atoms with E-state index in [1.54, 1.807) is 22.8 Å². The van der Waals surface area contributed by atoms with Crippen LogP contribution in [-0.4, -0.2) is 59.5 Å². The van der Waals surface area contributed by atoms with Crippen molar-refractivity contribution < 1.29 is 9.53 Å². The number of hydrogen-bond donors (Lipinski definition) is 1. The minimum atomic E-state index is -0.142. The first kappa shape index (κ1) is 24.7. The maximum Gasteiger partial charge on any atom is 0.262 e. The number of nitrogens with zero attached hydrogens (tertiary/aromatic N) is 3. The van der Waals surface area contributed by atoms with Gasteiger partial charge in [0.05, 0.1) is 35.3 Å². The van der Waals surface area contributed by atoms with Crippen molar-refractivity contribution >= 4 is 40.2 Å². The van der Waals surface area contributed by atoms with Gasteiger partial charge in [-0.1, -0.05) is 53.7 Å². The molecule has 0 bridgehead atoms. The molecule has 3 aromatic rings. The van der Waals surface area contributed by atoms with Crippen LogP contribution in [0.4, 0.5) is 0 Å². The SMILES string of the molecule is CN(C)[C@@H](CNC(=O)CSc1nc2cc(Cl)ccc2c(=O)n1C[C@H]1CCCO1)c1ccccc1. The van der Waals surface area contributed by atoms with E-state index in [2.05, 4.69) is 27.3 Å². The highest BCUT2D eigenvalue weighted by Crippen LogP contribution is 2.23. The molecule has 4 rings (SSSR count). The first-order chi connectivity index (χ1) is 16.4. The predicted molar refractivity (Wildman–Crippen MR) is 137 cm³/mol. The van der Waals surface area contributed by atoms with Crippen LogP contribution in [0.1, 0.15) is 24.4 Å². The molecule has 2 aromatic carbocycles. The molecule has 1 N–H and O–H groups in total. The summed E-state index contributed by atoms with van der Waals surface area (Å²) >= 11 is 7.39. The van der Waals surface area contributed by atoms with Gasteiger partial charge in [0.25, 0.3) is 5.56 Å². The zero-order chi connectivity index (χ0) is 24.1. The smallest absolute Gasteiger partial charge is 0.262 e. The fourth-order valence-corrected chi connectivity index (χ4v) is 5.11. The van der Waals surface area contributed by atoms with Crippen LogP contribution in [0.15, 0.2) is 58.5 Å². The molecule has 1 aliphatic heterocycles. The number of fused-ring (bicyclic) bond motifs is 1. The largest absolute Gasteiger partial charge is 0.376 e. The van der Waals surface area contributed by atoms with Crippen molar-refractivity contribution in [2.75, 3.05) is 33.0 Å². The first-order valence-electron chi connectivity index (χ1n) is 11.3. The Kier molecular flexibility index (Phi) is 8.26. The van der Waals surface area contributed by atoms with Crippen LogP contribution in [0.5, 0.6) is 0 Å². The highest BCUT2D eigenvalue weighted by Gasteiger charge is 2.21. The number of halogens is 1. The number of likely N-dealkylation sites (N-methyl/N-ethyl adjacent to an activating group) is 1. The Bertz CT molecular complexity index is 1200. The van der Waals surface area contributed by atoms with Gasteiger partial charge in [-0.25, -0.2) is 4.98 Å². The van der Waals surface area contributed by atoms with Gasteiger partial charge in [0, 0.05) is 18.2 Å². The molecule has 0 aliphatic carbocycles. The van der Waals surface area contributed by atoms with Crippen molar-refractivity contribution in [1.82, 2.24) is 19.8 Å². The fraction of sp³-hybridized carbons (Fsp3) is 0.400. The molecule has 0 saturated carbocycles. The fourth-order valence-electron chi connectivity index (χ4n) is 4.10. The maximum atomic E-state index is 13.2. The number of nitrogens with one attached hydrogen (secondary N) is 1. The Hall–Kier alpha value is -2.39. The van der Waals surface area contributed by atoms with E-state index in [1.807, 2.05) is 32.3 Å². The average molecular weight is 501 g/mol. The third-order valence-corrected chi connectivity index (χ3v) is 7.14. The van der Waals surface area contributed by atoms with Crippen LogP contribution in [0.2, 0.25) is 5.02 Å². The van der Waals surface area contributed by atoms with Crippen LogP contribution in [0.25, 0.3) is 10.9 Å². The third kappa shape index (κ3) is 5.99. The van der Waals surface area contributed by atoms with Gasteiger partial charge in [0.15, 0.2) is 5.16 Å². The lowest BCUT2D eigenvalue weighted by atomic mass is 10.1. The molecular formula is C25H29ClN4O3S. The van der Waals surface area contributed by atoms with Gasteiger partial charge in [-0.3, -0.25) is 14.2 Å². The van der Waals surface area contributed by atoms with Crippen LogP contribution >= 0.6 is 23.4 Å². The topological polar surface area (TPSA) is 76.5 Å². The van der Waals surface area contributed by atoms with Crippen molar-refractivity contribution in [1.29, 1.82) is 0 Å². The molecule has 1 aromatic heterocycles. The summed E-state index contributed by atoms with van der Waals surface area (Å²) in [6.07, 6.45) is 1.86. The van der Waals surface area contributed by atoms with E-state index in [0.717, 1.165) is 18.4 Å². The van der Waals surface area contributed by atoms with E-state index >= 15 is 0 Å². The second-order valence-electron chi connectivity index (χ2n) is 8.59. The van der Waals surface area contributed by atoms with Crippen LogP contribution in [0, 0.1) is 0 Å². The number of carbonyl (C=O) groups excluding carboxylic acids is 1. The van der Waals surface area contributed by atoms with E-state index in [4.69, 9.17) is 16.3 Å². The van der Waals surface area contributed by atoms with Gasteiger partial charge < -0.3 is 15.0 Å². The Morgan fingerprint density at radius 3 is 2.79 bits per heavy atom. The molecule has 0 spiro atoms. The van der Waals surface area contributed by atoms with Gasteiger partial charge in [-0.15, -0.1) is 0 Å². The quantitative estimate of drug-likeness (QED) is 0.356. The molecule has 180 valence electrons. The highest BCUT2D eigenvalue weighted by atomic mass is 35.5. The number of benzene rings is 2. The number of aromatic nitrogens is 2. The predicted octanol–water partition coefficient (Wildman–Crippen LogP) is 3.74. The standard InChI is InChI=1S/C25H29ClN4O3S/c1-29(2)22(17-7-4-3-5-8-17)14-27-23(31)16-34-25-28-21-13-18(26)10-11-20(21)24(32)30(25)15-19-9-6-12-33-19/h3-5,7-8,10-11,13,19,22H,6,9,12,14-16H2,1-2H3,(H,27,31)/t19-,22+/m1/s1. The van der Waals surface area contributed by atoms with Crippen molar-refractivity contribution in [3.63, 3.8) is 0 Å². The first-order valence-corrected chi connectivity index (χ1v) is 12.7. The summed E-state index contributed by atoms with van der Waals surface area (Å²) in [6.45, 7) is 1.61. The third-order valence-electron chi connectivity index (χ3n) is 5.93. The Balaban J connectivity index is 1.49. The van der Waals surface area contributed by atoms with E-state index in [9.17, 15) is 9.59 Å². The van der Waals surface area contributed by atoms with Gasteiger partial charge in [-0.2, -0.15) is 0 Å². The summed E-state index contributed by atoms with van der Waals surface area (Å²) in [5.41, 5.74) is 1.52. The highest BCUT2D eigenvalue weighted by molar-refractivity contribution is 7.99. The number of thioether (sulfide) groups is 1. The lowest BCUT2D eigenvalue weighted by molar-refractivity contribution is -0.118. The molecule has 34 heavy (non-hydrogen) atoms. The van der Waals surface area contributed by atoms with Crippen molar-refractivity contribution in [2.24, 2.45) is 0 Å². The molecule has 0 unspecified atom stereocenters. The maximum absolute atomic E-state index is 13.2.